The Balaban J connectivity index is 1.85. The molecule has 0 radical (unpaired) electrons. The van der Waals surface area contributed by atoms with Gasteiger partial charge in [-0.2, -0.15) is 0 Å². The van der Waals surface area contributed by atoms with Crippen LogP contribution in [0.1, 0.15) is 46.4 Å². The molecule has 1 aromatic heterocycles. The Morgan fingerprint density at radius 1 is 1.22 bits per heavy atom. The number of para-hydroxylation sites is 1. The lowest BCUT2D eigenvalue weighted by atomic mass is 9.88. The van der Waals surface area contributed by atoms with E-state index >= 15 is 0 Å². The average molecular weight is 371 g/mol. The number of amides is 1. The first-order chi connectivity index (χ1) is 12.6. The van der Waals surface area contributed by atoms with E-state index in [1.54, 1.807) is 10.6 Å². The van der Waals surface area contributed by atoms with Gasteiger partial charge in [-0.05, 0) is 25.0 Å². The third kappa shape index (κ3) is 3.90. The molecule has 6 heteroatoms. The standard InChI is InChI=1S/C21H29N3O3/c1-5-17-22-16-9-7-6-8-15(16)18(25)24(17)14-21(27)10-12-23(13-11-21)19(26)20(2,3)4/h6-9,27H,5,10-14H2,1-4H3. The van der Waals surface area contributed by atoms with Crippen LogP contribution in [0.3, 0.4) is 0 Å². The summed E-state index contributed by atoms with van der Waals surface area (Å²) in [6.45, 7) is 8.90. The summed E-state index contributed by atoms with van der Waals surface area (Å²) in [5.41, 5.74) is -0.858. The highest BCUT2D eigenvalue weighted by atomic mass is 16.3. The van der Waals surface area contributed by atoms with Crippen molar-refractivity contribution in [2.24, 2.45) is 5.41 Å². The Kier molecular flexibility index (Phi) is 5.12. The summed E-state index contributed by atoms with van der Waals surface area (Å²) in [4.78, 5) is 31.9. The van der Waals surface area contributed by atoms with Gasteiger partial charge in [0.05, 0.1) is 23.0 Å². The molecule has 1 saturated heterocycles. The van der Waals surface area contributed by atoms with Crippen LogP contribution in [0.25, 0.3) is 10.9 Å². The molecule has 3 rings (SSSR count). The molecule has 146 valence electrons. The fourth-order valence-corrected chi connectivity index (χ4v) is 3.70. The summed E-state index contributed by atoms with van der Waals surface area (Å²) in [6.07, 6.45) is 1.53. The summed E-state index contributed by atoms with van der Waals surface area (Å²) in [5.74, 6) is 0.781. The number of likely N-dealkylation sites (tertiary alicyclic amines) is 1. The molecular weight excluding hydrogens is 342 g/mol. The van der Waals surface area contributed by atoms with Crippen LogP contribution in [0, 0.1) is 5.41 Å². The monoisotopic (exact) mass is 371 g/mol. The van der Waals surface area contributed by atoms with Crippen molar-refractivity contribution in [1.29, 1.82) is 0 Å². The van der Waals surface area contributed by atoms with Crippen LogP contribution < -0.4 is 5.56 Å². The first kappa shape index (κ1) is 19.5. The predicted octanol–water partition coefficient (Wildman–Crippen LogP) is 2.36. The maximum Gasteiger partial charge on any atom is 0.261 e. The number of aromatic nitrogens is 2. The third-order valence-corrected chi connectivity index (χ3v) is 5.33. The van der Waals surface area contributed by atoms with E-state index in [9.17, 15) is 14.7 Å². The smallest absolute Gasteiger partial charge is 0.261 e. The molecule has 27 heavy (non-hydrogen) atoms. The molecule has 2 heterocycles. The molecule has 6 nitrogen and oxygen atoms in total. The Labute approximate surface area is 159 Å². The maximum atomic E-state index is 13.0. The number of aliphatic hydroxyl groups is 1. The van der Waals surface area contributed by atoms with E-state index in [0.717, 1.165) is 0 Å². The van der Waals surface area contributed by atoms with Gasteiger partial charge in [0.2, 0.25) is 5.91 Å². The molecule has 0 aliphatic carbocycles. The second kappa shape index (κ2) is 7.08. The number of aryl methyl sites for hydroxylation is 1. The van der Waals surface area contributed by atoms with Crippen LogP contribution in [-0.2, 0) is 17.8 Å². The molecule has 0 saturated carbocycles. The van der Waals surface area contributed by atoms with Crippen LogP contribution in [0.2, 0.25) is 0 Å². The Morgan fingerprint density at radius 3 is 2.44 bits per heavy atom. The summed E-state index contributed by atoms with van der Waals surface area (Å²) in [7, 11) is 0. The van der Waals surface area contributed by atoms with Gasteiger partial charge < -0.3 is 10.0 Å². The van der Waals surface area contributed by atoms with Crippen molar-refractivity contribution in [3.8, 4) is 0 Å². The van der Waals surface area contributed by atoms with E-state index in [0.29, 0.717) is 49.1 Å². The first-order valence-electron chi connectivity index (χ1n) is 9.65. The summed E-state index contributed by atoms with van der Waals surface area (Å²) < 4.78 is 1.61. The molecule has 1 amide bonds. The number of carbonyl (C=O) groups is 1. The van der Waals surface area contributed by atoms with Crippen molar-refractivity contribution in [2.45, 2.75) is 59.1 Å². The van der Waals surface area contributed by atoms with Crippen molar-refractivity contribution < 1.29 is 9.90 Å². The molecule has 2 aromatic rings. The van der Waals surface area contributed by atoms with Crippen molar-refractivity contribution >= 4 is 16.8 Å². The highest BCUT2D eigenvalue weighted by Gasteiger charge is 2.37. The predicted molar refractivity (Wildman–Crippen MR) is 106 cm³/mol. The van der Waals surface area contributed by atoms with Gasteiger partial charge in [-0.25, -0.2) is 4.98 Å². The van der Waals surface area contributed by atoms with Crippen LogP contribution in [0.15, 0.2) is 29.1 Å². The second-order valence-electron chi connectivity index (χ2n) is 8.56. The SMILES string of the molecule is CCc1nc2ccccc2c(=O)n1CC1(O)CCN(C(=O)C(C)(C)C)CC1. The number of benzene rings is 1. The normalized spacial score (nSPS) is 17.3. The minimum atomic E-state index is -1.01. The number of hydrogen-bond donors (Lipinski definition) is 1. The van der Waals surface area contributed by atoms with Crippen LogP contribution in [0.4, 0.5) is 0 Å². The van der Waals surface area contributed by atoms with Crippen molar-refractivity contribution in [2.75, 3.05) is 13.1 Å². The average Bonchev–Trinajstić information content (AvgIpc) is 2.63. The number of hydrogen-bond acceptors (Lipinski definition) is 4. The van der Waals surface area contributed by atoms with Crippen molar-refractivity contribution in [1.82, 2.24) is 14.5 Å². The van der Waals surface area contributed by atoms with Gasteiger partial charge in [-0.1, -0.05) is 39.8 Å². The van der Waals surface area contributed by atoms with Gasteiger partial charge in [-0.15, -0.1) is 0 Å². The fraction of sp³-hybridized carbons (Fsp3) is 0.571. The number of fused-ring (bicyclic) bond motifs is 1. The lowest BCUT2D eigenvalue weighted by Crippen LogP contribution is -2.52. The quantitative estimate of drug-likeness (QED) is 0.899. The topological polar surface area (TPSA) is 75.4 Å². The van der Waals surface area contributed by atoms with E-state index < -0.39 is 11.0 Å². The summed E-state index contributed by atoms with van der Waals surface area (Å²) in [5, 5.41) is 11.7. The zero-order valence-electron chi connectivity index (χ0n) is 16.7. The third-order valence-electron chi connectivity index (χ3n) is 5.33. The molecular formula is C21H29N3O3. The maximum absolute atomic E-state index is 13.0. The largest absolute Gasteiger partial charge is 0.388 e. The zero-order chi connectivity index (χ0) is 19.8. The number of carbonyl (C=O) groups excluding carboxylic acids is 1. The Morgan fingerprint density at radius 2 is 1.85 bits per heavy atom. The van der Waals surface area contributed by atoms with Gasteiger partial charge in [0.1, 0.15) is 5.82 Å². The number of piperidine rings is 1. The fourth-order valence-electron chi connectivity index (χ4n) is 3.70. The van der Waals surface area contributed by atoms with E-state index in [2.05, 4.69) is 4.98 Å². The zero-order valence-corrected chi connectivity index (χ0v) is 16.7. The summed E-state index contributed by atoms with van der Waals surface area (Å²) >= 11 is 0. The van der Waals surface area contributed by atoms with E-state index in [-0.39, 0.29) is 18.0 Å². The van der Waals surface area contributed by atoms with Crippen LogP contribution in [-0.4, -0.2) is 44.2 Å². The molecule has 0 atom stereocenters. The van der Waals surface area contributed by atoms with Crippen LogP contribution in [0.5, 0.6) is 0 Å². The van der Waals surface area contributed by atoms with Gasteiger partial charge in [-0.3, -0.25) is 14.2 Å². The van der Waals surface area contributed by atoms with Gasteiger partial charge in [0, 0.05) is 24.9 Å². The first-order valence-corrected chi connectivity index (χ1v) is 9.65. The molecule has 1 aliphatic rings. The molecule has 1 aromatic carbocycles. The highest BCUT2D eigenvalue weighted by Crippen LogP contribution is 2.27. The molecule has 0 bridgehead atoms. The Hall–Kier alpha value is -2.21. The van der Waals surface area contributed by atoms with Gasteiger partial charge >= 0.3 is 0 Å². The molecule has 1 fully saturated rings. The van der Waals surface area contributed by atoms with Gasteiger partial charge in [0.15, 0.2) is 0 Å². The number of nitrogens with zero attached hydrogens (tertiary/aromatic N) is 3. The van der Waals surface area contributed by atoms with E-state index in [4.69, 9.17) is 0 Å². The molecule has 1 aliphatic heterocycles. The van der Waals surface area contributed by atoms with Crippen molar-refractivity contribution in [3.63, 3.8) is 0 Å². The molecule has 0 unspecified atom stereocenters. The molecule has 1 N–H and O–H groups in total. The Bertz CT molecular complexity index is 903. The van der Waals surface area contributed by atoms with E-state index in [1.807, 2.05) is 50.8 Å². The number of rotatable bonds is 3. The molecule has 0 spiro atoms. The van der Waals surface area contributed by atoms with Crippen molar-refractivity contribution in [3.05, 3.63) is 40.4 Å². The van der Waals surface area contributed by atoms with E-state index in [1.165, 1.54) is 0 Å². The highest BCUT2D eigenvalue weighted by molar-refractivity contribution is 5.81. The lowest BCUT2D eigenvalue weighted by molar-refractivity contribution is -0.144. The lowest BCUT2D eigenvalue weighted by Gasteiger charge is -2.40. The summed E-state index contributed by atoms with van der Waals surface area (Å²) in [6, 6.07) is 7.31. The van der Waals surface area contributed by atoms with Crippen LogP contribution >= 0.6 is 0 Å². The minimum absolute atomic E-state index is 0.100. The van der Waals surface area contributed by atoms with Gasteiger partial charge in [0.25, 0.3) is 5.56 Å². The minimum Gasteiger partial charge on any atom is -0.388 e. The second-order valence-corrected chi connectivity index (χ2v) is 8.56.